The largest absolute Gasteiger partial charge is 0.492 e. The Bertz CT molecular complexity index is 1580. The van der Waals surface area contributed by atoms with Crippen molar-refractivity contribution in [1.82, 2.24) is 9.88 Å². The molecule has 192 valence electrons. The summed E-state index contributed by atoms with van der Waals surface area (Å²) >= 11 is 0. The van der Waals surface area contributed by atoms with Gasteiger partial charge < -0.3 is 9.30 Å². The Labute approximate surface area is 221 Å². The van der Waals surface area contributed by atoms with Crippen LogP contribution in [-0.4, -0.2) is 29.0 Å². The van der Waals surface area contributed by atoms with Gasteiger partial charge >= 0.3 is 6.03 Å². The van der Waals surface area contributed by atoms with E-state index in [4.69, 9.17) is 4.74 Å². The molecule has 0 unspecified atom stereocenters. The van der Waals surface area contributed by atoms with Gasteiger partial charge in [-0.1, -0.05) is 43.3 Å². The third-order valence-corrected chi connectivity index (χ3v) is 6.90. The molecule has 0 radical (unpaired) electrons. The zero-order valence-electron chi connectivity index (χ0n) is 21.7. The molecule has 38 heavy (non-hydrogen) atoms. The Morgan fingerprint density at radius 2 is 1.68 bits per heavy atom. The molecule has 7 heteroatoms. The van der Waals surface area contributed by atoms with Gasteiger partial charge in [-0.2, -0.15) is 0 Å². The molecule has 1 fully saturated rings. The van der Waals surface area contributed by atoms with Crippen molar-refractivity contribution in [3.8, 4) is 5.75 Å². The highest BCUT2D eigenvalue weighted by atomic mass is 16.5. The van der Waals surface area contributed by atoms with E-state index in [1.54, 1.807) is 18.2 Å². The van der Waals surface area contributed by atoms with Crippen LogP contribution in [0.3, 0.4) is 0 Å². The number of ether oxygens (including phenoxy) is 1. The molecule has 0 spiro atoms. The topological polar surface area (TPSA) is 80.6 Å². The number of nitrogens with zero attached hydrogens (tertiary/aromatic N) is 2. The lowest BCUT2D eigenvalue weighted by molar-refractivity contribution is -0.122. The lowest BCUT2D eigenvalue weighted by Crippen LogP contribution is -2.54. The van der Waals surface area contributed by atoms with Crippen LogP contribution in [-0.2, 0) is 22.6 Å². The van der Waals surface area contributed by atoms with Crippen LogP contribution in [0.5, 0.6) is 5.75 Å². The fraction of sp³-hybridized carbons (Fsp3) is 0.194. The molecular formula is C31H29N3O4. The highest BCUT2D eigenvalue weighted by Crippen LogP contribution is 2.27. The van der Waals surface area contributed by atoms with Crippen molar-refractivity contribution in [1.29, 1.82) is 0 Å². The Morgan fingerprint density at radius 1 is 0.921 bits per heavy atom. The minimum Gasteiger partial charge on any atom is -0.492 e. The van der Waals surface area contributed by atoms with Crippen molar-refractivity contribution in [2.24, 2.45) is 0 Å². The van der Waals surface area contributed by atoms with Crippen molar-refractivity contribution in [2.45, 2.75) is 33.7 Å². The van der Waals surface area contributed by atoms with E-state index < -0.39 is 17.8 Å². The number of anilines is 1. The number of benzene rings is 3. The van der Waals surface area contributed by atoms with Crippen molar-refractivity contribution in [3.63, 3.8) is 0 Å². The molecule has 0 aliphatic carbocycles. The first-order valence-electron chi connectivity index (χ1n) is 12.6. The van der Waals surface area contributed by atoms with Gasteiger partial charge in [-0.05, 0) is 73.4 Å². The van der Waals surface area contributed by atoms with E-state index in [1.165, 1.54) is 11.1 Å². The Balaban J connectivity index is 1.43. The zero-order chi connectivity index (χ0) is 26.8. The average molecular weight is 508 g/mol. The predicted molar refractivity (Wildman–Crippen MR) is 148 cm³/mol. The maximum atomic E-state index is 13.4. The summed E-state index contributed by atoms with van der Waals surface area (Å²) in [4.78, 5) is 39.7. The van der Waals surface area contributed by atoms with Gasteiger partial charge in [0.05, 0.1) is 12.2 Å². The van der Waals surface area contributed by atoms with Gasteiger partial charge in [0, 0.05) is 22.7 Å². The maximum absolute atomic E-state index is 13.4. The second-order valence-electron chi connectivity index (χ2n) is 9.37. The van der Waals surface area contributed by atoms with E-state index in [2.05, 4.69) is 19.2 Å². The standard InChI is InChI=1S/C31H29N3O4/c1-4-22-10-12-24(13-11-22)34-30(36)27(29(35)32-31(34)37)18-23-19-33(28-8-6-5-7-26(23)28)15-16-38-25-14-9-20(2)21(3)17-25/h5-14,17-19H,4,15-16H2,1-3H3,(H,32,35,37)/b27-18-. The van der Waals surface area contributed by atoms with Gasteiger partial charge in [0.1, 0.15) is 17.9 Å². The van der Waals surface area contributed by atoms with E-state index in [9.17, 15) is 14.4 Å². The number of carbonyl (C=O) groups excluding carboxylic acids is 3. The number of aryl methyl sites for hydroxylation is 3. The van der Waals surface area contributed by atoms with Crippen molar-refractivity contribution in [2.75, 3.05) is 11.5 Å². The fourth-order valence-corrected chi connectivity index (χ4v) is 4.57. The first-order valence-corrected chi connectivity index (χ1v) is 12.6. The second-order valence-corrected chi connectivity index (χ2v) is 9.37. The third kappa shape index (κ3) is 4.83. The molecule has 1 saturated heterocycles. The van der Waals surface area contributed by atoms with Crippen LogP contribution in [0.2, 0.25) is 0 Å². The molecule has 5 rings (SSSR count). The molecule has 1 N–H and O–H groups in total. The number of hydrogen-bond donors (Lipinski definition) is 1. The number of imide groups is 2. The number of hydrogen-bond acceptors (Lipinski definition) is 4. The van der Waals surface area contributed by atoms with Crippen LogP contribution < -0.4 is 15.0 Å². The van der Waals surface area contributed by atoms with Gasteiger partial charge in [-0.3, -0.25) is 14.9 Å². The highest BCUT2D eigenvalue weighted by Gasteiger charge is 2.37. The quantitative estimate of drug-likeness (QED) is 0.262. The molecular weight excluding hydrogens is 478 g/mol. The van der Waals surface area contributed by atoms with E-state index in [1.807, 2.05) is 72.3 Å². The Hall–Kier alpha value is -4.65. The summed E-state index contributed by atoms with van der Waals surface area (Å²) in [5.41, 5.74) is 5.45. The minimum absolute atomic E-state index is 0.0987. The van der Waals surface area contributed by atoms with Crippen LogP contribution in [0.25, 0.3) is 17.0 Å². The molecule has 2 heterocycles. The van der Waals surface area contributed by atoms with Gasteiger partial charge in [-0.15, -0.1) is 0 Å². The molecule has 0 bridgehead atoms. The maximum Gasteiger partial charge on any atom is 0.335 e. The van der Waals surface area contributed by atoms with Gasteiger partial charge in [0.2, 0.25) is 0 Å². The second kappa shape index (κ2) is 10.4. The molecule has 1 aromatic heterocycles. The summed E-state index contributed by atoms with van der Waals surface area (Å²) in [5.74, 6) is -0.553. The van der Waals surface area contributed by atoms with Gasteiger partial charge in [0.25, 0.3) is 11.8 Å². The predicted octanol–water partition coefficient (Wildman–Crippen LogP) is 5.57. The van der Waals surface area contributed by atoms with Crippen LogP contribution in [0.15, 0.2) is 78.5 Å². The van der Waals surface area contributed by atoms with E-state index in [-0.39, 0.29) is 5.57 Å². The number of nitrogens with one attached hydrogen (secondary N) is 1. The van der Waals surface area contributed by atoms with Crippen LogP contribution in [0.4, 0.5) is 10.5 Å². The fourth-order valence-electron chi connectivity index (χ4n) is 4.57. The van der Waals surface area contributed by atoms with Crippen LogP contribution in [0.1, 0.15) is 29.2 Å². The molecule has 3 aromatic carbocycles. The van der Waals surface area contributed by atoms with E-state index in [0.717, 1.165) is 33.5 Å². The minimum atomic E-state index is -0.757. The summed E-state index contributed by atoms with van der Waals surface area (Å²) in [6, 6.07) is 20.2. The van der Waals surface area contributed by atoms with Gasteiger partial charge in [0.15, 0.2) is 0 Å². The Morgan fingerprint density at radius 3 is 2.42 bits per heavy atom. The first-order chi connectivity index (χ1) is 18.4. The van der Waals surface area contributed by atoms with Crippen LogP contribution >= 0.6 is 0 Å². The van der Waals surface area contributed by atoms with Crippen molar-refractivity contribution < 1.29 is 19.1 Å². The number of aromatic nitrogens is 1. The number of para-hydroxylation sites is 1. The van der Waals surface area contributed by atoms with Crippen molar-refractivity contribution in [3.05, 3.63) is 101 Å². The molecule has 0 saturated carbocycles. The lowest BCUT2D eigenvalue weighted by Gasteiger charge is -2.26. The summed E-state index contributed by atoms with van der Waals surface area (Å²) in [7, 11) is 0. The number of rotatable bonds is 7. The number of fused-ring (bicyclic) bond motifs is 1. The number of urea groups is 1. The number of carbonyl (C=O) groups is 3. The van der Waals surface area contributed by atoms with Crippen LogP contribution in [0, 0.1) is 13.8 Å². The molecule has 1 aliphatic heterocycles. The highest BCUT2D eigenvalue weighted by molar-refractivity contribution is 6.39. The summed E-state index contributed by atoms with van der Waals surface area (Å²) < 4.78 is 8.02. The summed E-state index contributed by atoms with van der Waals surface area (Å²) in [6.07, 6.45) is 4.29. The zero-order valence-corrected chi connectivity index (χ0v) is 21.7. The third-order valence-electron chi connectivity index (χ3n) is 6.90. The summed E-state index contributed by atoms with van der Waals surface area (Å²) in [5, 5.41) is 3.20. The summed E-state index contributed by atoms with van der Waals surface area (Å²) in [6.45, 7) is 7.17. The molecule has 1 aliphatic rings. The molecule has 7 nitrogen and oxygen atoms in total. The van der Waals surface area contributed by atoms with Gasteiger partial charge in [-0.25, -0.2) is 9.69 Å². The van der Waals surface area contributed by atoms with Crippen molar-refractivity contribution >= 4 is 40.5 Å². The lowest BCUT2D eigenvalue weighted by atomic mass is 10.1. The molecule has 0 atom stereocenters. The SMILES string of the molecule is CCc1ccc(N2C(=O)NC(=O)/C(=C/c3cn(CCOc4ccc(C)c(C)c4)c4ccccc34)C2=O)cc1. The molecule has 4 aromatic rings. The number of barbiturate groups is 1. The average Bonchev–Trinajstić information content (AvgIpc) is 3.26. The monoisotopic (exact) mass is 507 g/mol. The first kappa shape index (κ1) is 25.0. The Kier molecular flexibility index (Phi) is 6.83. The normalized spacial score (nSPS) is 14.9. The van der Waals surface area contributed by atoms with E-state index >= 15 is 0 Å². The number of amides is 4. The molecule has 4 amide bonds. The smallest absolute Gasteiger partial charge is 0.335 e. The van der Waals surface area contributed by atoms with E-state index in [0.29, 0.717) is 24.4 Å².